The van der Waals surface area contributed by atoms with Crippen LogP contribution >= 0.6 is 0 Å². The minimum absolute atomic E-state index is 0.0619. The lowest BCUT2D eigenvalue weighted by molar-refractivity contribution is -0.134. The summed E-state index contributed by atoms with van der Waals surface area (Å²) < 4.78 is 0. The van der Waals surface area contributed by atoms with Crippen molar-refractivity contribution in [3.05, 3.63) is 60.2 Å². The van der Waals surface area contributed by atoms with Gasteiger partial charge in [0.25, 0.3) is 5.91 Å². The summed E-state index contributed by atoms with van der Waals surface area (Å²) in [6.07, 6.45) is 4.65. The molecule has 5 nitrogen and oxygen atoms in total. The average molecular weight is 420 g/mol. The Bertz CT molecular complexity index is 898. The van der Waals surface area contributed by atoms with E-state index in [1.54, 1.807) is 7.05 Å². The number of piperidine rings is 2. The zero-order chi connectivity index (χ0) is 21.7. The van der Waals surface area contributed by atoms with Gasteiger partial charge in [0.2, 0.25) is 5.91 Å². The fraction of sp³-hybridized carbons (Fsp3) is 0.462. The van der Waals surface area contributed by atoms with Gasteiger partial charge in [0, 0.05) is 25.7 Å². The summed E-state index contributed by atoms with van der Waals surface area (Å²) in [6, 6.07) is 17.9. The average Bonchev–Trinajstić information content (AvgIpc) is 2.84. The zero-order valence-corrected chi connectivity index (χ0v) is 18.4. The van der Waals surface area contributed by atoms with Crippen LogP contribution in [-0.2, 0) is 4.79 Å². The van der Waals surface area contributed by atoms with E-state index in [4.69, 9.17) is 0 Å². The maximum Gasteiger partial charge on any atom is 0.254 e. The number of carbonyl (C=O) groups excluding carboxylic acids is 2. The van der Waals surface area contributed by atoms with Crippen molar-refractivity contribution in [2.75, 3.05) is 33.2 Å². The third-order valence-corrected chi connectivity index (χ3v) is 7.10. The number of nitrogens with zero attached hydrogens (tertiary/aromatic N) is 1. The smallest absolute Gasteiger partial charge is 0.254 e. The van der Waals surface area contributed by atoms with Gasteiger partial charge < -0.3 is 15.5 Å². The maximum atomic E-state index is 13.5. The van der Waals surface area contributed by atoms with Gasteiger partial charge in [0.1, 0.15) is 0 Å². The quantitative estimate of drug-likeness (QED) is 0.777. The lowest BCUT2D eigenvalue weighted by atomic mass is 9.69. The molecule has 31 heavy (non-hydrogen) atoms. The second kappa shape index (κ2) is 9.65. The van der Waals surface area contributed by atoms with E-state index in [2.05, 4.69) is 10.6 Å². The summed E-state index contributed by atoms with van der Waals surface area (Å²) in [5.41, 5.74) is 2.39. The summed E-state index contributed by atoms with van der Waals surface area (Å²) in [5.74, 6) is 0.786. The third kappa shape index (κ3) is 4.67. The second-order valence-corrected chi connectivity index (χ2v) is 8.96. The van der Waals surface area contributed by atoms with Gasteiger partial charge in [-0.15, -0.1) is 0 Å². The Labute approximate surface area is 185 Å². The first kappa shape index (κ1) is 21.6. The van der Waals surface area contributed by atoms with Gasteiger partial charge in [-0.25, -0.2) is 0 Å². The topological polar surface area (TPSA) is 61.4 Å². The first-order valence-electron chi connectivity index (χ1n) is 11.5. The van der Waals surface area contributed by atoms with Gasteiger partial charge >= 0.3 is 0 Å². The van der Waals surface area contributed by atoms with E-state index in [-0.39, 0.29) is 17.2 Å². The summed E-state index contributed by atoms with van der Waals surface area (Å²) >= 11 is 0. The summed E-state index contributed by atoms with van der Waals surface area (Å²) in [5, 5.41) is 6.33. The molecular formula is C26H33N3O2. The van der Waals surface area contributed by atoms with Crippen molar-refractivity contribution in [3.63, 3.8) is 0 Å². The van der Waals surface area contributed by atoms with E-state index >= 15 is 0 Å². The van der Waals surface area contributed by atoms with Crippen molar-refractivity contribution in [1.29, 1.82) is 0 Å². The molecular weight excluding hydrogens is 386 g/mol. The van der Waals surface area contributed by atoms with Gasteiger partial charge in [-0.2, -0.15) is 0 Å². The second-order valence-electron chi connectivity index (χ2n) is 8.96. The monoisotopic (exact) mass is 419 g/mol. The van der Waals surface area contributed by atoms with Crippen molar-refractivity contribution in [1.82, 2.24) is 15.5 Å². The van der Waals surface area contributed by atoms with Crippen molar-refractivity contribution in [2.24, 2.45) is 11.3 Å². The van der Waals surface area contributed by atoms with Gasteiger partial charge in [-0.3, -0.25) is 9.59 Å². The number of hydrogen-bond donors (Lipinski definition) is 2. The molecule has 2 heterocycles. The van der Waals surface area contributed by atoms with Gasteiger partial charge in [0.05, 0.1) is 5.41 Å². The lowest BCUT2D eigenvalue weighted by Crippen LogP contribution is -2.50. The van der Waals surface area contributed by atoms with Crippen molar-refractivity contribution in [3.8, 4) is 11.1 Å². The molecule has 164 valence electrons. The highest BCUT2D eigenvalue weighted by Crippen LogP contribution is 2.40. The number of amides is 2. The van der Waals surface area contributed by atoms with Crippen molar-refractivity contribution in [2.45, 2.75) is 32.1 Å². The number of carbonyl (C=O) groups is 2. The third-order valence-electron chi connectivity index (χ3n) is 7.10. The van der Waals surface area contributed by atoms with Crippen LogP contribution < -0.4 is 10.6 Å². The molecule has 0 bridgehead atoms. The highest BCUT2D eigenvalue weighted by Gasteiger charge is 2.43. The predicted molar refractivity (Wildman–Crippen MR) is 124 cm³/mol. The Balaban J connectivity index is 1.50. The van der Waals surface area contributed by atoms with Gasteiger partial charge in [-0.1, -0.05) is 48.5 Å². The summed E-state index contributed by atoms with van der Waals surface area (Å²) in [7, 11) is 1.74. The molecule has 5 heteroatoms. The summed E-state index contributed by atoms with van der Waals surface area (Å²) in [6.45, 7) is 3.32. The normalized spacial score (nSPS) is 19.1. The Kier molecular flexibility index (Phi) is 6.71. The zero-order valence-electron chi connectivity index (χ0n) is 18.4. The van der Waals surface area contributed by atoms with E-state index in [0.29, 0.717) is 19.0 Å². The standard InChI is InChI=1S/C26H33N3O2/c1-27-25(31)26(19-20-11-15-28-16-12-20)13-17-29(18-14-26)24(30)23-10-6-5-9-22(23)21-7-3-2-4-8-21/h2-10,20,28H,11-19H2,1H3,(H,27,31). The highest BCUT2D eigenvalue weighted by molar-refractivity contribution is 6.01. The number of rotatable bonds is 5. The first-order chi connectivity index (χ1) is 15.1. The molecule has 2 aliphatic rings. The van der Waals surface area contributed by atoms with Crippen LogP contribution in [0.2, 0.25) is 0 Å². The maximum absolute atomic E-state index is 13.5. The van der Waals surface area contributed by atoms with Crippen LogP contribution in [0.15, 0.2) is 54.6 Å². The Hall–Kier alpha value is -2.66. The molecule has 0 aromatic heterocycles. The van der Waals surface area contributed by atoms with Crippen LogP contribution in [0.3, 0.4) is 0 Å². The van der Waals surface area contributed by atoms with E-state index in [9.17, 15) is 9.59 Å². The van der Waals surface area contributed by atoms with E-state index < -0.39 is 0 Å². The number of benzene rings is 2. The van der Waals surface area contributed by atoms with E-state index in [1.807, 2.05) is 59.5 Å². The molecule has 0 saturated carbocycles. The van der Waals surface area contributed by atoms with Crippen LogP contribution in [0.4, 0.5) is 0 Å². The minimum Gasteiger partial charge on any atom is -0.359 e. The van der Waals surface area contributed by atoms with Crippen molar-refractivity contribution < 1.29 is 9.59 Å². The number of likely N-dealkylation sites (tertiary alicyclic amines) is 1. The van der Waals surface area contributed by atoms with Gasteiger partial charge in [-0.05, 0) is 68.3 Å². The molecule has 0 atom stereocenters. The van der Waals surface area contributed by atoms with Crippen LogP contribution in [-0.4, -0.2) is 49.9 Å². The van der Waals surface area contributed by atoms with Crippen LogP contribution in [0.5, 0.6) is 0 Å². The SMILES string of the molecule is CNC(=O)C1(CC2CCNCC2)CCN(C(=O)c2ccccc2-c2ccccc2)CC1. The molecule has 2 aromatic carbocycles. The molecule has 2 saturated heterocycles. The fourth-order valence-electron chi connectivity index (χ4n) is 5.27. The molecule has 0 radical (unpaired) electrons. The van der Waals surface area contributed by atoms with Crippen LogP contribution in [0.1, 0.15) is 42.5 Å². The number of hydrogen-bond acceptors (Lipinski definition) is 3. The Morgan fingerprint density at radius 1 is 1.00 bits per heavy atom. The highest BCUT2D eigenvalue weighted by atomic mass is 16.2. The van der Waals surface area contributed by atoms with E-state index in [0.717, 1.165) is 61.9 Å². The van der Waals surface area contributed by atoms with Crippen molar-refractivity contribution >= 4 is 11.8 Å². The molecule has 0 aliphatic carbocycles. The molecule has 0 unspecified atom stereocenters. The predicted octanol–water partition coefficient (Wildman–Crippen LogP) is 3.71. The Morgan fingerprint density at radius 2 is 1.65 bits per heavy atom. The Morgan fingerprint density at radius 3 is 2.32 bits per heavy atom. The molecule has 2 aromatic rings. The molecule has 2 N–H and O–H groups in total. The van der Waals surface area contributed by atoms with Gasteiger partial charge in [0.15, 0.2) is 0 Å². The summed E-state index contributed by atoms with van der Waals surface area (Å²) in [4.78, 5) is 28.3. The molecule has 2 fully saturated rings. The molecule has 0 spiro atoms. The van der Waals surface area contributed by atoms with Crippen LogP contribution in [0.25, 0.3) is 11.1 Å². The molecule has 2 aliphatic heterocycles. The minimum atomic E-state index is -0.355. The van der Waals surface area contributed by atoms with E-state index in [1.165, 1.54) is 0 Å². The number of nitrogens with one attached hydrogen (secondary N) is 2. The fourth-order valence-corrected chi connectivity index (χ4v) is 5.27. The molecule has 4 rings (SSSR count). The lowest BCUT2D eigenvalue weighted by Gasteiger charge is -2.43. The molecule has 2 amide bonds. The van der Waals surface area contributed by atoms with Crippen LogP contribution in [0, 0.1) is 11.3 Å². The largest absolute Gasteiger partial charge is 0.359 e. The first-order valence-corrected chi connectivity index (χ1v) is 11.5.